The van der Waals surface area contributed by atoms with E-state index in [-0.39, 0.29) is 24.2 Å². The van der Waals surface area contributed by atoms with Crippen LogP contribution in [0.2, 0.25) is 0 Å². The molecule has 1 aliphatic heterocycles. The minimum absolute atomic E-state index is 0. The van der Waals surface area contributed by atoms with E-state index >= 15 is 0 Å². The number of carbonyl (C=O) groups is 2. The summed E-state index contributed by atoms with van der Waals surface area (Å²) in [6.07, 6.45) is 2.10. The molecule has 2 aromatic rings. The highest BCUT2D eigenvalue weighted by molar-refractivity contribution is 5.98. The zero-order chi connectivity index (χ0) is 19.4. The summed E-state index contributed by atoms with van der Waals surface area (Å²) < 4.78 is 0. The van der Waals surface area contributed by atoms with Crippen molar-refractivity contribution in [1.29, 1.82) is 0 Å². The van der Waals surface area contributed by atoms with Crippen LogP contribution < -0.4 is 11.1 Å². The van der Waals surface area contributed by atoms with E-state index in [2.05, 4.69) is 12.2 Å². The fourth-order valence-corrected chi connectivity index (χ4v) is 3.35. The molecular formula is C22H28ClN3O2. The fraction of sp³-hybridized carbons (Fsp3) is 0.364. The van der Waals surface area contributed by atoms with Crippen molar-refractivity contribution < 1.29 is 9.59 Å². The van der Waals surface area contributed by atoms with Crippen LogP contribution in [0.3, 0.4) is 0 Å². The van der Waals surface area contributed by atoms with Gasteiger partial charge in [0.25, 0.3) is 5.91 Å². The number of hydrogen-bond acceptors (Lipinski definition) is 3. The van der Waals surface area contributed by atoms with Gasteiger partial charge in [-0.05, 0) is 55.0 Å². The molecule has 0 aromatic heterocycles. The molecule has 0 saturated carbocycles. The van der Waals surface area contributed by atoms with Gasteiger partial charge in [0.1, 0.15) is 6.04 Å². The van der Waals surface area contributed by atoms with Crippen LogP contribution in [0.25, 0.3) is 0 Å². The van der Waals surface area contributed by atoms with Crippen molar-refractivity contribution in [2.45, 2.75) is 32.7 Å². The largest absolute Gasteiger partial charge is 0.339 e. The van der Waals surface area contributed by atoms with E-state index < -0.39 is 6.04 Å². The summed E-state index contributed by atoms with van der Waals surface area (Å²) in [6, 6.07) is 13.9. The van der Waals surface area contributed by atoms with Gasteiger partial charge in [-0.3, -0.25) is 9.59 Å². The molecule has 0 spiro atoms. The molecule has 3 N–H and O–H groups in total. The average Bonchev–Trinajstić information content (AvgIpc) is 2.69. The summed E-state index contributed by atoms with van der Waals surface area (Å²) in [5, 5.41) is 2.87. The van der Waals surface area contributed by atoms with Crippen molar-refractivity contribution in [3.05, 3.63) is 65.2 Å². The Morgan fingerprint density at radius 2 is 1.75 bits per heavy atom. The molecule has 1 fully saturated rings. The number of amides is 2. The quantitative estimate of drug-likeness (QED) is 0.815. The second-order valence-corrected chi connectivity index (χ2v) is 7.38. The van der Waals surface area contributed by atoms with E-state index in [4.69, 9.17) is 5.73 Å². The minimum Gasteiger partial charge on any atom is -0.339 e. The first-order chi connectivity index (χ1) is 13.0. The molecule has 1 aliphatic rings. The third kappa shape index (κ3) is 5.12. The van der Waals surface area contributed by atoms with Gasteiger partial charge in [-0.15, -0.1) is 12.4 Å². The number of aryl methyl sites for hydroxylation is 1. The predicted molar refractivity (Wildman–Crippen MR) is 115 cm³/mol. The van der Waals surface area contributed by atoms with Crippen LogP contribution in [0.5, 0.6) is 0 Å². The summed E-state index contributed by atoms with van der Waals surface area (Å²) in [7, 11) is 0. The number of halogens is 1. The molecule has 28 heavy (non-hydrogen) atoms. The number of benzene rings is 2. The monoisotopic (exact) mass is 401 g/mol. The smallest absolute Gasteiger partial charge is 0.253 e. The van der Waals surface area contributed by atoms with Crippen LogP contribution in [0.1, 0.15) is 47.3 Å². The molecule has 3 rings (SSSR count). The van der Waals surface area contributed by atoms with Gasteiger partial charge in [0.05, 0.1) is 0 Å². The van der Waals surface area contributed by atoms with Gasteiger partial charge < -0.3 is 16.0 Å². The third-order valence-electron chi connectivity index (χ3n) is 5.24. The summed E-state index contributed by atoms with van der Waals surface area (Å²) in [4.78, 5) is 27.1. The lowest BCUT2D eigenvalue weighted by atomic mass is 9.98. The van der Waals surface area contributed by atoms with Gasteiger partial charge in [-0.25, -0.2) is 0 Å². The molecular weight excluding hydrogens is 374 g/mol. The Balaban J connectivity index is 0.00000280. The maximum atomic E-state index is 12.7. The maximum Gasteiger partial charge on any atom is 0.253 e. The third-order valence-corrected chi connectivity index (χ3v) is 5.24. The Morgan fingerprint density at radius 1 is 1.11 bits per heavy atom. The van der Waals surface area contributed by atoms with Crippen molar-refractivity contribution in [3.63, 3.8) is 0 Å². The number of carbonyl (C=O) groups excluding carboxylic acids is 2. The predicted octanol–water partition coefficient (Wildman–Crippen LogP) is 3.93. The Labute approximate surface area is 172 Å². The molecule has 150 valence electrons. The minimum atomic E-state index is -0.734. The first-order valence-corrected chi connectivity index (χ1v) is 9.47. The van der Waals surface area contributed by atoms with Crippen molar-refractivity contribution in [2.24, 2.45) is 11.7 Å². The average molecular weight is 402 g/mol. The van der Waals surface area contributed by atoms with Gasteiger partial charge in [0.2, 0.25) is 5.91 Å². The van der Waals surface area contributed by atoms with E-state index in [1.807, 2.05) is 48.2 Å². The number of rotatable bonds is 4. The van der Waals surface area contributed by atoms with E-state index in [1.165, 1.54) is 0 Å². The second-order valence-electron chi connectivity index (χ2n) is 7.38. The highest BCUT2D eigenvalue weighted by Crippen LogP contribution is 2.22. The molecule has 1 unspecified atom stereocenters. The summed E-state index contributed by atoms with van der Waals surface area (Å²) in [6.45, 7) is 5.73. The standard InChI is InChI=1S/C22H27N3O2.ClH/c1-15-10-12-25(13-11-15)22(27)18-8-9-19(16(2)14-18)24-21(26)20(23)17-6-4-3-5-7-17;/h3-9,14-15,20H,10-13,23H2,1-2H3,(H,24,26);1H. The molecule has 2 amide bonds. The van der Waals surface area contributed by atoms with Crippen molar-refractivity contribution in [3.8, 4) is 0 Å². The van der Waals surface area contributed by atoms with Crippen LogP contribution >= 0.6 is 12.4 Å². The summed E-state index contributed by atoms with van der Waals surface area (Å²) >= 11 is 0. The molecule has 1 atom stereocenters. The normalized spacial score (nSPS) is 15.5. The highest BCUT2D eigenvalue weighted by atomic mass is 35.5. The van der Waals surface area contributed by atoms with E-state index in [9.17, 15) is 9.59 Å². The van der Waals surface area contributed by atoms with E-state index in [1.54, 1.807) is 12.1 Å². The molecule has 2 aromatic carbocycles. The summed E-state index contributed by atoms with van der Waals surface area (Å²) in [5.74, 6) is 0.472. The van der Waals surface area contributed by atoms with Crippen molar-refractivity contribution >= 4 is 29.9 Å². The van der Waals surface area contributed by atoms with Gasteiger partial charge >= 0.3 is 0 Å². The number of nitrogens with one attached hydrogen (secondary N) is 1. The van der Waals surface area contributed by atoms with Crippen molar-refractivity contribution in [1.82, 2.24) is 4.90 Å². The lowest BCUT2D eigenvalue weighted by Gasteiger charge is -2.30. The van der Waals surface area contributed by atoms with Gasteiger partial charge in [0, 0.05) is 24.3 Å². The van der Waals surface area contributed by atoms with Gasteiger partial charge in [-0.2, -0.15) is 0 Å². The summed E-state index contributed by atoms with van der Waals surface area (Å²) in [5.41, 5.74) is 9.00. The molecule has 0 aliphatic carbocycles. The number of hydrogen-bond donors (Lipinski definition) is 2. The number of likely N-dealkylation sites (tertiary alicyclic amines) is 1. The lowest BCUT2D eigenvalue weighted by molar-refractivity contribution is -0.117. The zero-order valence-corrected chi connectivity index (χ0v) is 17.2. The lowest BCUT2D eigenvalue weighted by Crippen LogP contribution is -2.37. The number of nitrogens with zero attached hydrogens (tertiary/aromatic N) is 1. The highest BCUT2D eigenvalue weighted by Gasteiger charge is 2.22. The Bertz CT molecular complexity index is 818. The molecule has 0 radical (unpaired) electrons. The van der Waals surface area contributed by atoms with E-state index in [0.29, 0.717) is 17.2 Å². The molecule has 5 nitrogen and oxygen atoms in total. The number of nitrogens with two attached hydrogens (primary N) is 1. The molecule has 1 saturated heterocycles. The Kier molecular flexibility index (Phi) is 7.61. The Hall–Kier alpha value is -2.37. The van der Waals surface area contributed by atoms with Gasteiger partial charge in [0.15, 0.2) is 0 Å². The van der Waals surface area contributed by atoms with Crippen LogP contribution in [-0.4, -0.2) is 29.8 Å². The van der Waals surface area contributed by atoms with Crippen LogP contribution in [0, 0.1) is 12.8 Å². The maximum absolute atomic E-state index is 12.7. The second kappa shape index (κ2) is 9.71. The molecule has 1 heterocycles. The van der Waals surface area contributed by atoms with Gasteiger partial charge in [-0.1, -0.05) is 37.3 Å². The number of anilines is 1. The van der Waals surface area contributed by atoms with Crippen LogP contribution in [0.4, 0.5) is 5.69 Å². The van der Waals surface area contributed by atoms with Crippen LogP contribution in [0.15, 0.2) is 48.5 Å². The van der Waals surface area contributed by atoms with E-state index in [0.717, 1.165) is 37.1 Å². The van der Waals surface area contributed by atoms with Crippen molar-refractivity contribution in [2.75, 3.05) is 18.4 Å². The first kappa shape index (κ1) is 21.9. The SMILES string of the molecule is Cc1cc(C(=O)N2CCC(C)CC2)ccc1NC(=O)C(N)c1ccccc1.Cl. The Morgan fingerprint density at radius 3 is 2.36 bits per heavy atom. The zero-order valence-electron chi connectivity index (χ0n) is 16.4. The molecule has 0 bridgehead atoms. The first-order valence-electron chi connectivity index (χ1n) is 9.47. The topological polar surface area (TPSA) is 75.4 Å². The number of piperidine rings is 1. The van der Waals surface area contributed by atoms with Crippen LogP contribution in [-0.2, 0) is 4.79 Å². The fourth-order valence-electron chi connectivity index (χ4n) is 3.35. The molecule has 6 heteroatoms.